The van der Waals surface area contributed by atoms with Crippen LogP contribution in [-0.4, -0.2) is 38.0 Å². The zero-order chi connectivity index (χ0) is 19.2. The molecule has 0 bridgehead atoms. The second kappa shape index (κ2) is 9.16. The summed E-state index contributed by atoms with van der Waals surface area (Å²) in [5, 5.41) is 3.39. The average molecular weight is 395 g/mol. The van der Waals surface area contributed by atoms with Gasteiger partial charge in [0, 0.05) is 18.1 Å². The first-order chi connectivity index (χ1) is 12.2. The minimum absolute atomic E-state index is 0.196. The number of rotatable bonds is 8. The van der Waals surface area contributed by atoms with E-state index in [9.17, 15) is 13.2 Å². The van der Waals surface area contributed by atoms with Gasteiger partial charge in [-0.3, -0.25) is 4.79 Å². The Labute approximate surface area is 160 Å². The fraction of sp³-hybridized carbons (Fsp3) is 0.316. The van der Waals surface area contributed by atoms with Crippen molar-refractivity contribution in [2.24, 2.45) is 0 Å². The molecular formula is C19H23ClN2O3S. The lowest BCUT2D eigenvalue weighted by Gasteiger charge is -2.19. The van der Waals surface area contributed by atoms with Crippen LogP contribution in [0.25, 0.3) is 0 Å². The van der Waals surface area contributed by atoms with Gasteiger partial charge in [0.05, 0.1) is 12.8 Å². The molecule has 0 saturated carbocycles. The van der Waals surface area contributed by atoms with Gasteiger partial charge in [-0.2, -0.15) is 4.31 Å². The van der Waals surface area contributed by atoms with Crippen molar-refractivity contribution in [2.45, 2.75) is 19.9 Å². The molecule has 1 N–H and O–H groups in total. The number of nitrogens with zero attached hydrogens (tertiary/aromatic N) is 1. The van der Waals surface area contributed by atoms with Crippen molar-refractivity contribution >= 4 is 27.5 Å². The van der Waals surface area contributed by atoms with E-state index in [0.29, 0.717) is 18.0 Å². The van der Waals surface area contributed by atoms with Crippen LogP contribution in [0.1, 0.15) is 16.7 Å². The number of nitrogens with one attached hydrogen (secondary N) is 1. The van der Waals surface area contributed by atoms with Crippen LogP contribution in [0.2, 0.25) is 5.02 Å². The highest BCUT2D eigenvalue weighted by Gasteiger charge is 2.19. The molecule has 0 aliphatic rings. The first-order valence-corrected chi connectivity index (χ1v) is 10.5. The van der Waals surface area contributed by atoms with Crippen LogP contribution in [0.15, 0.2) is 48.5 Å². The minimum Gasteiger partial charge on any atom is -0.351 e. The summed E-state index contributed by atoms with van der Waals surface area (Å²) in [6, 6.07) is 15.0. The van der Waals surface area contributed by atoms with Gasteiger partial charge in [-0.05, 0) is 36.6 Å². The van der Waals surface area contributed by atoms with Crippen molar-refractivity contribution in [2.75, 3.05) is 19.3 Å². The molecule has 0 spiro atoms. The molecular weight excluding hydrogens is 372 g/mol. The number of halogens is 1. The van der Waals surface area contributed by atoms with Crippen LogP contribution < -0.4 is 5.32 Å². The number of carbonyl (C=O) groups is 1. The normalized spacial score (nSPS) is 11.5. The monoisotopic (exact) mass is 394 g/mol. The average Bonchev–Trinajstić information content (AvgIpc) is 2.58. The van der Waals surface area contributed by atoms with E-state index in [1.807, 2.05) is 43.3 Å². The molecule has 0 atom stereocenters. The summed E-state index contributed by atoms with van der Waals surface area (Å²) in [7, 11) is -3.48. The molecule has 0 aliphatic carbocycles. The third-order valence-corrected chi connectivity index (χ3v) is 5.46. The van der Waals surface area contributed by atoms with Crippen molar-refractivity contribution in [1.29, 1.82) is 0 Å². The summed E-state index contributed by atoms with van der Waals surface area (Å²) in [5.74, 6) is -0.327. The van der Waals surface area contributed by atoms with E-state index in [0.717, 1.165) is 22.9 Å². The van der Waals surface area contributed by atoms with E-state index in [4.69, 9.17) is 11.6 Å². The van der Waals surface area contributed by atoms with E-state index in [2.05, 4.69) is 5.32 Å². The molecule has 0 heterocycles. The molecule has 5 nitrogen and oxygen atoms in total. The number of benzene rings is 2. The summed E-state index contributed by atoms with van der Waals surface area (Å²) in [6.07, 6.45) is 1.62. The van der Waals surface area contributed by atoms with Gasteiger partial charge in [0.15, 0.2) is 0 Å². The standard InChI is InChI=1S/C19H23ClN2O3S/c1-15-3-5-17(6-4-15)13-21-19(23)14-22(26(2,24)25)12-11-16-7-9-18(20)10-8-16/h3-10H,11-14H2,1-2H3,(H,21,23). The molecule has 2 rings (SSSR count). The summed E-state index contributed by atoms with van der Waals surface area (Å²) in [6.45, 7) is 2.40. The van der Waals surface area contributed by atoms with Gasteiger partial charge in [-0.1, -0.05) is 53.6 Å². The molecule has 0 aromatic heterocycles. The van der Waals surface area contributed by atoms with Crippen molar-refractivity contribution in [3.63, 3.8) is 0 Å². The van der Waals surface area contributed by atoms with Crippen LogP contribution in [0.3, 0.4) is 0 Å². The van der Waals surface area contributed by atoms with Gasteiger partial charge in [0.2, 0.25) is 15.9 Å². The first kappa shape index (κ1) is 20.4. The van der Waals surface area contributed by atoms with Crippen LogP contribution in [0.4, 0.5) is 0 Å². The minimum atomic E-state index is -3.48. The van der Waals surface area contributed by atoms with Crippen LogP contribution >= 0.6 is 11.6 Å². The van der Waals surface area contributed by atoms with Crippen molar-refractivity contribution < 1.29 is 13.2 Å². The zero-order valence-corrected chi connectivity index (χ0v) is 16.5. The predicted molar refractivity (Wildman–Crippen MR) is 105 cm³/mol. The van der Waals surface area contributed by atoms with Crippen LogP contribution in [-0.2, 0) is 27.8 Å². The molecule has 0 unspecified atom stereocenters. The lowest BCUT2D eigenvalue weighted by molar-refractivity contribution is -0.121. The van der Waals surface area contributed by atoms with Crippen LogP contribution in [0.5, 0.6) is 0 Å². The Morgan fingerprint density at radius 2 is 1.62 bits per heavy atom. The third kappa shape index (κ3) is 6.78. The van der Waals surface area contributed by atoms with E-state index >= 15 is 0 Å². The number of hydrogen-bond acceptors (Lipinski definition) is 3. The van der Waals surface area contributed by atoms with Crippen LogP contribution in [0, 0.1) is 6.92 Å². The number of amides is 1. The fourth-order valence-electron chi connectivity index (χ4n) is 2.39. The molecule has 0 saturated heterocycles. The molecule has 26 heavy (non-hydrogen) atoms. The van der Waals surface area contributed by atoms with E-state index in [1.165, 1.54) is 4.31 Å². The Hall–Kier alpha value is -1.89. The maximum atomic E-state index is 12.2. The largest absolute Gasteiger partial charge is 0.351 e. The molecule has 0 radical (unpaired) electrons. The topological polar surface area (TPSA) is 66.5 Å². The molecule has 0 aliphatic heterocycles. The number of carbonyl (C=O) groups excluding carboxylic acids is 1. The number of aryl methyl sites for hydroxylation is 1. The second-order valence-electron chi connectivity index (χ2n) is 6.24. The zero-order valence-electron chi connectivity index (χ0n) is 14.9. The Morgan fingerprint density at radius 3 is 2.19 bits per heavy atom. The predicted octanol–water partition coefficient (Wildman–Crippen LogP) is 2.77. The smallest absolute Gasteiger partial charge is 0.235 e. The van der Waals surface area contributed by atoms with E-state index in [1.54, 1.807) is 12.1 Å². The lowest BCUT2D eigenvalue weighted by Crippen LogP contribution is -2.41. The number of sulfonamides is 1. The quantitative estimate of drug-likeness (QED) is 0.748. The first-order valence-electron chi connectivity index (χ1n) is 8.26. The van der Waals surface area contributed by atoms with Crippen molar-refractivity contribution in [1.82, 2.24) is 9.62 Å². The van der Waals surface area contributed by atoms with Crippen molar-refractivity contribution in [3.05, 3.63) is 70.2 Å². The summed E-state index contributed by atoms with van der Waals surface area (Å²) in [5.41, 5.74) is 3.07. The van der Waals surface area contributed by atoms with Gasteiger partial charge in [0.25, 0.3) is 0 Å². The maximum Gasteiger partial charge on any atom is 0.235 e. The highest BCUT2D eigenvalue weighted by molar-refractivity contribution is 7.88. The Kier molecular flexibility index (Phi) is 7.20. The maximum absolute atomic E-state index is 12.2. The second-order valence-corrected chi connectivity index (χ2v) is 8.65. The van der Waals surface area contributed by atoms with Gasteiger partial charge >= 0.3 is 0 Å². The molecule has 7 heteroatoms. The van der Waals surface area contributed by atoms with E-state index < -0.39 is 10.0 Å². The van der Waals surface area contributed by atoms with Gasteiger partial charge in [-0.15, -0.1) is 0 Å². The third-order valence-electron chi connectivity index (χ3n) is 3.96. The highest BCUT2D eigenvalue weighted by atomic mass is 35.5. The van der Waals surface area contributed by atoms with Crippen molar-refractivity contribution in [3.8, 4) is 0 Å². The lowest BCUT2D eigenvalue weighted by atomic mass is 10.1. The van der Waals surface area contributed by atoms with Gasteiger partial charge in [0.1, 0.15) is 0 Å². The number of hydrogen-bond donors (Lipinski definition) is 1. The molecule has 2 aromatic rings. The summed E-state index contributed by atoms with van der Waals surface area (Å²) < 4.78 is 25.1. The Balaban J connectivity index is 1.91. The highest BCUT2D eigenvalue weighted by Crippen LogP contribution is 2.11. The summed E-state index contributed by atoms with van der Waals surface area (Å²) >= 11 is 5.85. The molecule has 2 aromatic carbocycles. The van der Waals surface area contributed by atoms with E-state index in [-0.39, 0.29) is 19.0 Å². The molecule has 1 amide bonds. The van der Waals surface area contributed by atoms with Gasteiger partial charge < -0.3 is 5.32 Å². The fourth-order valence-corrected chi connectivity index (χ4v) is 3.29. The van der Waals surface area contributed by atoms with Gasteiger partial charge in [-0.25, -0.2) is 8.42 Å². The molecule has 0 fully saturated rings. The Morgan fingerprint density at radius 1 is 1.04 bits per heavy atom. The molecule has 140 valence electrons. The SMILES string of the molecule is Cc1ccc(CNC(=O)CN(CCc2ccc(Cl)cc2)S(C)(=O)=O)cc1. The Bertz CT molecular complexity index is 834. The summed E-state index contributed by atoms with van der Waals surface area (Å²) in [4.78, 5) is 12.2.